The summed E-state index contributed by atoms with van der Waals surface area (Å²) in [5, 5.41) is 12.2. The van der Waals surface area contributed by atoms with Crippen molar-refractivity contribution in [2.75, 3.05) is 18.7 Å². The molecule has 4 aromatic rings. The number of anilines is 1. The van der Waals surface area contributed by atoms with Crippen LogP contribution in [0.3, 0.4) is 0 Å². The molecule has 9 nitrogen and oxygen atoms in total. The van der Waals surface area contributed by atoms with E-state index in [1.165, 1.54) is 0 Å². The van der Waals surface area contributed by atoms with Gasteiger partial charge in [-0.2, -0.15) is 5.10 Å². The Balaban J connectivity index is 1.15. The Kier molecular flexibility index (Phi) is 6.43. The number of rotatable bonds is 8. The lowest BCUT2D eigenvalue weighted by Gasteiger charge is -2.08. The minimum atomic E-state index is -0.276. The fraction of sp³-hybridized carbons (Fsp3) is 0.240. The maximum absolute atomic E-state index is 12.5. The maximum atomic E-state index is 12.5. The molecule has 0 aliphatic carbocycles. The highest BCUT2D eigenvalue weighted by Gasteiger charge is 2.17. The van der Waals surface area contributed by atoms with Gasteiger partial charge in [-0.1, -0.05) is 28.9 Å². The van der Waals surface area contributed by atoms with Crippen LogP contribution in [0.15, 0.2) is 53.1 Å². The number of halogens is 1. The molecular formula is C25H23ClN4O5. The second-order valence-corrected chi connectivity index (χ2v) is 8.56. The minimum Gasteiger partial charge on any atom is -0.454 e. The fourth-order valence-corrected chi connectivity index (χ4v) is 3.91. The van der Waals surface area contributed by atoms with E-state index in [9.17, 15) is 4.79 Å². The Morgan fingerprint density at radius 3 is 2.74 bits per heavy atom. The molecule has 1 aliphatic rings. The van der Waals surface area contributed by atoms with Crippen LogP contribution in [0, 0.1) is 13.8 Å². The molecule has 5 rings (SSSR count). The number of carbonyl (C=O) groups is 1. The van der Waals surface area contributed by atoms with Crippen LogP contribution in [-0.2, 0) is 22.7 Å². The van der Waals surface area contributed by atoms with Crippen molar-refractivity contribution in [1.82, 2.24) is 14.9 Å². The fourth-order valence-electron chi connectivity index (χ4n) is 3.78. The molecule has 180 valence electrons. The van der Waals surface area contributed by atoms with E-state index in [-0.39, 0.29) is 25.9 Å². The van der Waals surface area contributed by atoms with Gasteiger partial charge in [-0.25, -0.2) is 0 Å². The van der Waals surface area contributed by atoms with Crippen LogP contribution in [0.1, 0.15) is 22.6 Å². The van der Waals surface area contributed by atoms with Crippen molar-refractivity contribution < 1.29 is 23.5 Å². The third-order valence-corrected chi connectivity index (χ3v) is 5.84. The molecule has 2 aromatic carbocycles. The van der Waals surface area contributed by atoms with Gasteiger partial charge in [0.15, 0.2) is 17.3 Å². The average Bonchev–Trinajstić information content (AvgIpc) is 3.57. The van der Waals surface area contributed by atoms with Gasteiger partial charge in [-0.05, 0) is 49.7 Å². The Bertz CT molecular complexity index is 1360. The largest absolute Gasteiger partial charge is 0.454 e. The lowest BCUT2D eigenvalue weighted by molar-refractivity contribution is -0.121. The zero-order chi connectivity index (χ0) is 24.4. The molecule has 0 saturated heterocycles. The highest BCUT2D eigenvalue weighted by molar-refractivity contribution is 6.30. The molecule has 1 aliphatic heterocycles. The molecule has 2 aromatic heterocycles. The standard InChI is InChI=1S/C25H23ClN4O5/c1-15-25(16(2)30(28-15)11-17-3-6-19(26)7-4-17)27-24(31)13-32-12-20-10-22(35-29-20)18-5-8-21-23(9-18)34-14-33-21/h3-10H,11-14H2,1-2H3,(H,27,31). The smallest absolute Gasteiger partial charge is 0.250 e. The first-order chi connectivity index (χ1) is 17.0. The van der Waals surface area contributed by atoms with E-state index >= 15 is 0 Å². The quantitative estimate of drug-likeness (QED) is 0.377. The van der Waals surface area contributed by atoms with E-state index in [0.29, 0.717) is 40.2 Å². The van der Waals surface area contributed by atoms with Crippen LogP contribution < -0.4 is 14.8 Å². The summed E-state index contributed by atoms with van der Waals surface area (Å²) in [5.41, 5.74) is 4.72. The lowest BCUT2D eigenvalue weighted by atomic mass is 10.1. The molecule has 0 fully saturated rings. The normalized spacial score (nSPS) is 12.2. The van der Waals surface area contributed by atoms with Crippen LogP contribution in [0.5, 0.6) is 11.5 Å². The van der Waals surface area contributed by atoms with E-state index in [1.807, 2.05) is 61.0 Å². The Labute approximate surface area is 206 Å². The molecule has 0 saturated carbocycles. The van der Waals surface area contributed by atoms with Crippen molar-refractivity contribution in [3.05, 3.63) is 76.2 Å². The number of ether oxygens (including phenoxy) is 3. The summed E-state index contributed by atoms with van der Waals surface area (Å²) in [6.07, 6.45) is 0. The number of carbonyl (C=O) groups excluding carboxylic acids is 1. The molecular weight excluding hydrogens is 472 g/mol. The second kappa shape index (κ2) is 9.81. The molecule has 1 N–H and O–H groups in total. The topological polar surface area (TPSA) is 101 Å². The number of nitrogens with zero attached hydrogens (tertiary/aromatic N) is 3. The van der Waals surface area contributed by atoms with Gasteiger partial charge in [-0.15, -0.1) is 0 Å². The van der Waals surface area contributed by atoms with Gasteiger partial charge in [0, 0.05) is 16.7 Å². The van der Waals surface area contributed by atoms with E-state index in [1.54, 1.807) is 6.07 Å². The van der Waals surface area contributed by atoms with Gasteiger partial charge in [0.1, 0.15) is 12.3 Å². The van der Waals surface area contributed by atoms with Crippen LogP contribution in [0.2, 0.25) is 5.02 Å². The summed E-state index contributed by atoms with van der Waals surface area (Å²) in [7, 11) is 0. The van der Waals surface area contributed by atoms with Crippen LogP contribution in [0.25, 0.3) is 11.3 Å². The molecule has 35 heavy (non-hydrogen) atoms. The Hall–Kier alpha value is -3.82. The number of fused-ring (bicyclic) bond motifs is 1. The van der Waals surface area contributed by atoms with Gasteiger partial charge < -0.3 is 24.1 Å². The minimum absolute atomic E-state index is 0.131. The van der Waals surface area contributed by atoms with Crippen LogP contribution in [-0.4, -0.2) is 34.2 Å². The molecule has 3 heterocycles. The van der Waals surface area contributed by atoms with Gasteiger partial charge in [0.25, 0.3) is 0 Å². The molecule has 0 unspecified atom stereocenters. The Morgan fingerprint density at radius 1 is 1.11 bits per heavy atom. The van der Waals surface area contributed by atoms with Gasteiger partial charge in [-0.3, -0.25) is 9.48 Å². The summed E-state index contributed by atoms with van der Waals surface area (Å²) in [6, 6.07) is 14.9. The number of hydrogen-bond acceptors (Lipinski definition) is 7. The molecule has 10 heteroatoms. The first-order valence-electron chi connectivity index (χ1n) is 11.0. The summed E-state index contributed by atoms with van der Waals surface area (Å²) in [5.74, 6) is 1.66. The highest BCUT2D eigenvalue weighted by atomic mass is 35.5. The van der Waals surface area contributed by atoms with Crippen LogP contribution in [0.4, 0.5) is 5.69 Å². The zero-order valence-corrected chi connectivity index (χ0v) is 20.0. The monoisotopic (exact) mass is 494 g/mol. The molecule has 1 amide bonds. The molecule has 0 spiro atoms. The zero-order valence-electron chi connectivity index (χ0n) is 19.2. The highest BCUT2D eigenvalue weighted by Crippen LogP contribution is 2.36. The van der Waals surface area contributed by atoms with Crippen LogP contribution >= 0.6 is 11.6 Å². The third kappa shape index (κ3) is 5.16. The first kappa shape index (κ1) is 22.9. The van der Waals surface area contributed by atoms with Gasteiger partial charge >= 0.3 is 0 Å². The maximum Gasteiger partial charge on any atom is 0.250 e. The first-order valence-corrected chi connectivity index (χ1v) is 11.4. The number of benzene rings is 2. The van der Waals surface area contributed by atoms with E-state index in [0.717, 1.165) is 22.5 Å². The van der Waals surface area contributed by atoms with Crippen molar-refractivity contribution in [1.29, 1.82) is 0 Å². The van der Waals surface area contributed by atoms with Crippen molar-refractivity contribution in [2.24, 2.45) is 0 Å². The predicted molar refractivity (Wildman–Crippen MR) is 129 cm³/mol. The average molecular weight is 495 g/mol. The van der Waals surface area contributed by atoms with E-state index < -0.39 is 0 Å². The second-order valence-electron chi connectivity index (χ2n) is 8.12. The SMILES string of the molecule is Cc1nn(Cc2ccc(Cl)cc2)c(C)c1NC(=O)COCc1cc(-c2ccc3c(c2)OCO3)on1. The summed E-state index contributed by atoms with van der Waals surface area (Å²) in [4.78, 5) is 12.5. The number of amides is 1. The number of nitrogens with one attached hydrogen (secondary N) is 1. The van der Waals surface area contributed by atoms with E-state index in [2.05, 4.69) is 15.6 Å². The van der Waals surface area contributed by atoms with Crippen molar-refractivity contribution in [3.63, 3.8) is 0 Å². The third-order valence-electron chi connectivity index (χ3n) is 5.59. The predicted octanol–water partition coefficient (Wildman–Crippen LogP) is 4.74. The number of aromatic nitrogens is 3. The number of aryl methyl sites for hydroxylation is 1. The summed E-state index contributed by atoms with van der Waals surface area (Å²) in [6.45, 7) is 4.56. The summed E-state index contributed by atoms with van der Waals surface area (Å²) >= 11 is 5.96. The van der Waals surface area contributed by atoms with Gasteiger partial charge in [0.05, 0.1) is 30.2 Å². The van der Waals surface area contributed by atoms with Crippen molar-refractivity contribution >= 4 is 23.2 Å². The number of hydrogen-bond donors (Lipinski definition) is 1. The van der Waals surface area contributed by atoms with Crippen molar-refractivity contribution in [2.45, 2.75) is 27.0 Å². The van der Waals surface area contributed by atoms with E-state index in [4.69, 9.17) is 30.3 Å². The summed E-state index contributed by atoms with van der Waals surface area (Å²) < 4.78 is 23.5. The van der Waals surface area contributed by atoms with Crippen molar-refractivity contribution in [3.8, 4) is 22.8 Å². The molecule has 0 bridgehead atoms. The Morgan fingerprint density at radius 2 is 1.91 bits per heavy atom. The molecule has 0 radical (unpaired) electrons. The molecule has 0 atom stereocenters. The van der Waals surface area contributed by atoms with Gasteiger partial charge in [0.2, 0.25) is 12.7 Å². The lowest BCUT2D eigenvalue weighted by Crippen LogP contribution is -2.19.